The number of carbonyl (C=O) groups excluding carboxylic acids is 1. The van der Waals surface area contributed by atoms with Crippen LogP contribution in [0, 0.1) is 5.92 Å². The van der Waals surface area contributed by atoms with Crippen LogP contribution >= 0.6 is 47.0 Å². The Hall–Kier alpha value is -1.02. The van der Waals surface area contributed by atoms with Crippen molar-refractivity contribution in [3.63, 3.8) is 0 Å². The summed E-state index contributed by atoms with van der Waals surface area (Å²) < 4.78 is 0.110. The SMILES string of the molecule is CCC(=O)NC(NC(=S)N1C[C@H]2C[C@H](C1)c1cccc(=O)n1C2)C(Cl)(Cl)Cl. The van der Waals surface area contributed by atoms with E-state index in [9.17, 15) is 9.59 Å². The molecule has 1 aromatic heterocycles. The summed E-state index contributed by atoms with van der Waals surface area (Å²) in [6.07, 6.45) is 0.354. The van der Waals surface area contributed by atoms with E-state index in [0.29, 0.717) is 30.7 Å². The quantitative estimate of drug-likeness (QED) is 0.420. The highest BCUT2D eigenvalue weighted by Gasteiger charge is 2.38. The molecule has 1 fully saturated rings. The molecule has 0 spiro atoms. The third-order valence-corrected chi connectivity index (χ3v) is 6.02. The zero-order valence-electron chi connectivity index (χ0n) is 14.8. The molecule has 27 heavy (non-hydrogen) atoms. The highest BCUT2D eigenvalue weighted by Crippen LogP contribution is 2.35. The Labute approximate surface area is 178 Å². The van der Waals surface area contributed by atoms with E-state index in [0.717, 1.165) is 12.1 Å². The van der Waals surface area contributed by atoms with Crippen LogP contribution < -0.4 is 16.2 Å². The minimum absolute atomic E-state index is 0.0369. The molecule has 2 N–H and O–H groups in total. The van der Waals surface area contributed by atoms with E-state index in [4.69, 9.17) is 47.0 Å². The van der Waals surface area contributed by atoms with Gasteiger partial charge in [-0.1, -0.05) is 47.8 Å². The lowest BCUT2D eigenvalue weighted by atomic mass is 9.83. The van der Waals surface area contributed by atoms with Gasteiger partial charge < -0.3 is 20.1 Å². The number of alkyl halides is 3. The van der Waals surface area contributed by atoms with Gasteiger partial charge in [0, 0.05) is 43.7 Å². The number of hydrogen-bond acceptors (Lipinski definition) is 3. The van der Waals surface area contributed by atoms with E-state index >= 15 is 0 Å². The molecule has 2 bridgehead atoms. The van der Waals surface area contributed by atoms with Gasteiger partial charge in [-0.15, -0.1) is 0 Å². The van der Waals surface area contributed by atoms with Gasteiger partial charge in [-0.3, -0.25) is 9.59 Å². The number of hydrogen-bond donors (Lipinski definition) is 2. The average molecular weight is 452 g/mol. The fourth-order valence-corrected chi connectivity index (χ4v) is 4.33. The first-order valence-corrected chi connectivity index (χ1v) is 10.3. The lowest BCUT2D eigenvalue weighted by Crippen LogP contribution is -2.60. The van der Waals surface area contributed by atoms with E-state index in [1.54, 1.807) is 19.1 Å². The summed E-state index contributed by atoms with van der Waals surface area (Å²) in [5.74, 6) is 0.278. The number of nitrogens with one attached hydrogen (secondary N) is 2. The molecule has 1 amide bonds. The minimum Gasteiger partial charge on any atom is -0.348 e. The molecule has 10 heteroatoms. The van der Waals surface area contributed by atoms with Crippen molar-refractivity contribution in [3.8, 4) is 0 Å². The van der Waals surface area contributed by atoms with E-state index in [2.05, 4.69) is 10.6 Å². The Morgan fingerprint density at radius 2 is 2.04 bits per heavy atom. The van der Waals surface area contributed by atoms with E-state index in [1.807, 2.05) is 15.5 Å². The van der Waals surface area contributed by atoms with Crippen molar-refractivity contribution in [2.24, 2.45) is 5.92 Å². The molecule has 2 aliphatic rings. The standard InChI is InChI=1S/C17H21Cl3N4O2S/c1-2-13(25)21-15(17(18,19)20)22-16(27)23-7-10-6-11(9-23)12-4-3-5-14(26)24(12)8-10/h3-5,10-11,15H,2,6-9H2,1H3,(H,21,25)(H,22,27)/t10-,11-,15?/m1/s1. The maximum atomic E-state index is 12.1. The molecule has 3 heterocycles. The van der Waals surface area contributed by atoms with Crippen molar-refractivity contribution in [1.82, 2.24) is 20.1 Å². The van der Waals surface area contributed by atoms with Gasteiger partial charge in [0.2, 0.25) is 9.70 Å². The molecule has 3 atom stereocenters. The first-order valence-electron chi connectivity index (χ1n) is 8.80. The van der Waals surface area contributed by atoms with Crippen LogP contribution in [-0.2, 0) is 11.3 Å². The molecule has 0 aromatic carbocycles. The second kappa shape index (κ2) is 8.15. The van der Waals surface area contributed by atoms with Gasteiger partial charge in [0.25, 0.3) is 5.56 Å². The van der Waals surface area contributed by atoms with Crippen LogP contribution in [0.5, 0.6) is 0 Å². The van der Waals surface area contributed by atoms with Crippen LogP contribution in [0.15, 0.2) is 23.0 Å². The van der Waals surface area contributed by atoms with Crippen molar-refractivity contribution < 1.29 is 4.79 Å². The van der Waals surface area contributed by atoms with Crippen LogP contribution in [0.3, 0.4) is 0 Å². The fraction of sp³-hybridized carbons (Fsp3) is 0.588. The molecule has 148 valence electrons. The van der Waals surface area contributed by atoms with Crippen LogP contribution in [0.4, 0.5) is 0 Å². The van der Waals surface area contributed by atoms with Crippen molar-refractivity contribution >= 4 is 58.0 Å². The summed E-state index contributed by atoms with van der Waals surface area (Å²) >= 11 is 23.5. The second-order valence-corrected chi connectivity index (χ2v) is 9.70. The Morgan fingerprint density at radius 3 is 2.70 bits per heavy atom. The summed E-state index contributed by atoms with van der Waals surface area (Å²) in [7, 11) is 0. The highest BCUT2D eigenvalue weighted by atomic mass is 35.6. The number of pyridine rings is 1. The number of fused-ring (bicyclic) bond motifs is 4. The van der Waals surface area contributed by atoms with Gasteiger partial charge in [0.15, 0.2) is 5.11 Å². The predicted octanol–water partition coefficient (Wildman–Crippen LogP) is 2.36. The van der Waals surface area contributed by atoms with Crippen LogP contribution in [0.1, 0.15) is 31.4 Å². The third kappa shape index (κ3) is 4.70. The monoisotopic (exact) mass is 450 g/mol. The van der Waals surface area contributed by atoms with Crippen molar-refractivity contribution in [2.75, 3.05) is 13.1 Å². The van der Waals surface area contributed by atoms with E-state index in [-0.39, 0.29) is 23.8 Å². The van der Waals surface area contributed by atoms with Crippen molar-refractivity contribution in [1.29, 1.82) is 0 Å². The molecule has 0 aliphatic carbocycles. The Balaban J connectivity index is 1.73. The predicted molar refractivity (Wildman–Crippen MR) is 111 cm³/mol. The van der Waals surface area contributed by atoms with E-state index in [1.165, 1.54) is 0 Å². The molecule has 0 radical (unpaired) electrons. The Morgan fingerprint density at radius 1 is 1.30 bits per heavy atom. The largest absolute Gasteiger partial charge is 0.348 e. The van der Waals surface area contributed by atoms with Crippen molar-refractivity contribution in [3.05, 3.63) is 34.2 Å². The topological polar surface area (TPSA) is 66.4 Å². The summed E-state index contributed by atoms with van der Waals surface area (Å²) in [4.78, 5) is 25.9. The third-order valence-electron chi connectivity index (χ3n) is 4.99. The number of rotatable bonds is 3. The summed E-state index contributed by atoms with van der Waals surface area (Å²) in [5, 5.41) is 6.04. The first-order chi connectivity index (χ1) is 12.7. The van der Waals surface area contributed by atoms with Crippen LogP contribution in [0.25, 0.3) is 0 Å². The molecular formula is C17H21Cl3N4O2S. The van der Waals surface area contributed by atoms with Gasteiger partial charge in [-0.05, 0) is 30.6 Å². The number of halogens is 3. The van der Waals surface area contributed by atoms with Gasteiger partial charge >= 0.3 is 0 Å². The second-order valence-electron chi connectivity index (χ2n) is 6.95. The number of likely N-dealkylation sites (tertiary alicyclic amines) is 1. The smallest absolute Gasteiger partial charge is 0.250 e. The Bertz CT molecular complexity index is 795. The fourth-order valence-electron chi connectivity index (χ4n) is 3.74. The van der Waals surface area contributed by atoms with Gasteiger partial charge in [-0.2, -0.15) is 0 Å². The Kier molecular flexibility index (Phi) is 6.25. The van der Waals surface area contributed by atoms with Crippen LogP contribution in [0.2, 0.25) is 0 Å². The van der Waals surface area contributed by atoms with E-state index < -0.39 is 9.96 Å². The van der Waals surface area contributed by atoms with Crippen LogP contribution in [-0.4, -0.2) is 43.5 Å². The number of carbonyl (C=O) groups is 1. The van der Waals surface area contributed by atoms with Crippen molar-refractivity contribution in [2.45, 2.75) is 42.2 Å². The zero-order chi connectivity index (χ0) is 19.8. The zero-order valence-corrected chi connectivity index (χ0v) is 17.8. The normalized spacial score (nSPS) is 22.6. The molecule has 1 unspecified atom stereocenters. The lowest BCUT2D eigenvalue weighted by Gasteiger charge is -2.44. The lowest BCUT2D eigenvalue weighted by molar-refractivity contribution is -0.121. The molecule has 1 saturated heterocycles. The summed E-state index contributed by atoms with van der Waals surface area (Å²) in [5.41, 5.74) is 1.07. The molecule has 2 aliphatic heterocycles. The molecular weight excluding hydrogens is 431 g/mol. The summed E-state index contributed by atoms with van der Waals surface area (Å²) in [6, 6.07) is 5.38. The molecule has 3 rings (SSSR count). The van der Waals surface area contributed by atoms with Gasteiger partial charge in [0.1, 0.15) is 6.17 Å². The number of aromatic nitrogens is 1. The molecule has 0 saturated carbocycles. The minimum atomic E-state index is -1.75. The van der Waals surface area contributed by atoms with Gasteiger partial charge in [0.05, 0.1) is 0 Å². The number of thiocarbonyl (C=S) groups is 1. The first kappa shape index (κ1) is 20.7. The number of piperidine rings is 1. The van der Waals surface area contributed by atoms with Gasteiger partial charge in [-0.25, -0.2) is 0 Å². The highest BCUT2D eigenvalue weighted by molar-refractivity contribution is 7.80. The molecule has 6 nitrogen and oxygen atoms in total. The summed E-state index contributed by atoms with van der Waals surface area (Å²) in [6.45, 7) is 3.76. The average Bonchev–Trinajstić information content (AvgIpc) is 2.61. The maximum Gasteiger partial charge on any atom is 0.250 e. The maximum absolute atomic E-state index is 12.1. The number of amides is 1. The molecule has 1 aromatic rings. The number of nitrogens with zero attached hydrogens (tertiary/aromatic N) is 2.